The van der Waals surface area contributed by atoms with Gasteiger partial charge in [-0.3, -0.25) is 9.97 Å². The Balaban J connectivity index is 1.99. The van der Waals surface area contributed by atoms with Gasteiger partial charge in [0.25, 0.3) is 0 Å². The summed E-state index contributed by atoms with van der Waals surface area (Å²) in [5, 5.41) is 2.96. The third-order valence-corrected chi connectivity index (χ3v) is 3.21. The van der Waals surface area contributed by atoms with Crippen LogP contribution >= 0.6 is 11.3 Å². The van der Waals surface area contributed by atoms with Crippen molar-refractivity contribution < 1.29 is 0 Å². The van der Waals surface area contributed by atoms with Gasteiger partial charge in [0.2, 0.25) is 0 Å². The van der Waals surface area contributed by atoms with Crippen LogP contribution in [-0.4, -0.2) is 15.0 Å². The Hall–Kier alpha value is -2.07. The highest BCUT2D eigenvalue weighted by Gasteiger charge is 2.06. The first-order valence-corrected chi connectivity index (χ1v) is 6.09. The number of thiazole rings is 1. The van der Waals surface area contributed by atoms with E-state index < -0.39 is 0 Å². The first-order chi connectivity index (χ1) is 8.43. The van der Waals surface area contributed by atoms with Crippen molar-refractivity contribution in [2.45, 2.75) is 0 Å². The zero-order valence-electron chi connectivity index (χ0n) is 8.95. The van der Waals surface area contributed by atoms with Crippen LogP contribution in [0.15, 0.2) is 54.3 Å². The third kappa shape index (κ3) is 2.07. The maximum Gasteiger partial charge on any atom is 0.142 e. The van der Waals surface area contributed by atoms with Gasteiger partial charge < -0.3 is 0 Å². The predicted octanol–water partition coefficient (Wildman–Crippen LogP) is 3.27. The molecule has 0 N–H and O–H groups in total. The van der Waals surface area contributed by atoms with E-state index in [4.69, 9.17) is 0 Å². The van der Waals surface area contributed by atoms with Gasteiger partial charge in [0.05, 0.1) is 11.4 Å². The molecular weight excluding hydrogens is 230 g/mol. The molecule has 0 aliphatic heterocycles. The predicted molar refractivity (Wildman–Crippen MR) is 68.6 cm³/mol. The van der Waals surface area contributed by atoms with Crippen LogP contribution < -0.4 is 0 Å². The Labute approximate surface area is 103 Å². The van der Waals surface area contributed by atoms with E-state index in [1.807, 2.05) is 41.9 Å². The van der Waals surface area contributed by atoms with Gasteiger partial charge in [-0.1, -0.05) is 6.07 Å². The molecule has 3 nitrogen and oxygen atoms in total. The molecule has 0 saturated heterocycles. The first-order valence-electron chi connectivity index (χ1n) is 5.21. The quantitative estimate of drug-likeness (QED) is 0.689. The van der Waals surface area contributed by atoms with Crippen LogP contribution in [0.25, 0.3) is 22.0 Å². The van der Waals surface area contributed by atoms with E-state index in [-0.39, 0.29) is 0 Å². The van der Waals surface area contributed by atoms with Gasteiger partial charge in [-0.15, -0.1) is 11.3 Å². The molecule has 82 valence electrons. The highest BCUT2D eigenvalue weighted by Crippen LogP contribution is 2.26. The second-order valence-electron chi connectivity index (χ2n) is 3.49. The fourth-order valence-electron chi connectivity index (χ4n) is 1.53. The summed E-state index contributed by atoms with van der Waals surface area (Å²) < 4.78 is 0. The van der Waals surface area contributed by atoms with Crippen molar-refractivity contribution in [1.82, 2.24) is 15.0 Å². The highest BCUT2D eigenvalue weighted by molar-refractivity contribution is 7.13. The minimum Gasteiger partial charge on any atom is -0.264 e. The van der Waals surface area contributed by atoms with E-state index in [9.17, 15) is 0 Å². The number of hydrogen-bond donors (Lipinski definition) is 0. The maximum atomic E-state index is 4.57. The van der Waals surface area contributed by atoms with Crippen LogP contribution in [0.2, 0.25) is 0 Å². The van der Waals surface area contributed by atoms with Gasteiger partial charge in [0.1, 0.15) is 5.01 Å². The molecule has 0 spiro atoms. The van der Waals surface area contributed by atoms with E-state index in [0.29, 0.717) is 0 Å². The first kappa shape index (κ1) is 10.1. The van der Waals surface area contributed by atoms with Gasteiger partial charge in [-0.2, -0.15) is 0 Å². The molecule has 0 unspecified atom stereocenters. The molecule has 0 radical (unpaired) electrons. The summed E-state index contributed by atoms with van der Waals surface area (Å²) in [6.45, 7) is 0. The molecule has 0 aromatic carbocycles. The van der Waals surface area contributed by atoms with Crippen LogP contribution in [0.3, 0.4) is 0 Å². The summed E-state index contributed by atoms with van der Waals surface area (Å²) in [4.78, 5) is 12.9. The zero-order valence-corrected chi connectivity index (χ0v) is 9.76. The van der Waals surface area contributed by atoms with Gasteiger partial charge in [-0.25, -0.2) is 4.98 Å². The average Bonchev–Trinajstić information content (AvgIpc) is 2.90. The molecule has 17 heavy (non-hydrogen) atoms. The fraction of sp³-hybridized carbons (Fsp3) is 0. The lowest BCUT2D eigenvalue weighted by Gasteiger charge is -1.94. The minimum atomic E-state index is 0.910. The van der Waals surface area contributed by atoms with Crippen LogP contribution in [0.1, 0.15) is 0 Å². The lowest BCUT2D eigenvalue weighted by molar-refractivity contribution is 1.28. The van der Waals surface area contributed by atoms with Crippen LogP contribution in [-0.2, 0) is 0 Å². The summed E-state index contributed by atoms with van der Waals surface area (Å²) in [6.07, 6.45) is 5.35. The minimum absolute atomic E-state index is 0.910. The van der Waals surface area contributed by atoms with Crippen molar-refractivity contribution in [3.63, 3.8) is 0 Å². The normalized spacial score (nSPS) is 10.4. The molecule has 3 rings (SSSR count). The van der Waals surface area contributed by atoms with E-state index >= 15 is 0 Å². The number of hydrogen-bond acceptors (Lipinski definition) is 4. The number of nitrogens with zero attached hydrogens (tertiary/aromatic N) is 3. The fourth-order valence-corrected chi connectivity index (χ4v) is 2.33. The van der Waals surface area contributed by atoms with Crippen LogP contribution in [0, 0.1) is 0 Å². The van der Waals surface area contributed by atoms with E-state index in [1.165, 1.54) is 0 Å². The van der Waals surface area contributed by atoms with E-state index in [2.05, 4.69) is 15.0 Å². The van der Waals surface area contributed by atoms with Gasteiger partial charge in [0, 0.05) is 29.5 Å². The van der Waals surface area contributed by atoms with Crippen molar-refractivity contribution in [2.24, 2.45) is 0 Å². The van der Waals surface area contributed by atoms with Gasteiger partial charge >= 0.3 is 0 Å². The molecule has 4 heteroatoms. The summed E-state index contributed by atoms with van der Waals surface area (Å²) in [6, 6.07) is 9.75. The molecule has 0 bridgehead atoms. The summed E-state index contributed by atoms with van der Waals surface area (Å²) in [7, 11) is 0. The average molecular weight is 239 g/mol. The Bertz CT molecular complexity index is 551. The molecule has 0 atom stereocenters. The number of aromatic nitrogens is 3. The largest absolute Gasteiger partial charge is 0.264 e. The topological polar surface area (TPSA) is 38.7 Å². The maximum absolute atomic E-state index is 4.57. The molecule has 0 amide bonds. The van der Waals surface area contributed by atoms with Crippen molar-refractivity contribution in [3.8, 4) is 22.0 Å². The summed E-state index contributed by atoms with van der Waals surface area (Å²) in [5.74, 6) is 0. The van der Waals surface area contributed by atoms with Crippen LogP contribution in [0.4, 0.5) is 0 Å². The second kappa shape index (κ2) is 4.43. The van der Waals surface area contributed by atoms with Crippen molar-refractivity contribution in [1.29, 1.82) is 0 Å². The van der Waals surface area contributed by atoms with Gasteiger partial charge in [-0.05, 0) is 24.3 Å². The number of rotatable bonds is 2. The second-order valence-corrected chi connectivity index (χ2v) is 4.35. The smallest absolute Gasteiger partial charge is 0.142 e. The molecule has 0 saturated carbocycles. The molecule has 0 fully saturated rings. The lowest BCUT2D eigenvalue weighted by atomic mass is 10.2. The van der Waals surface area contributed by atoms with Crippen LogP contribution in [0.5, 0.6) is 0 Å². The Morgan fingerprint density at radius 1 is 0.941 bits per heavy atom. The highest BCUT2D eigenvalue weighted by atomic mass is 32.1. The molecule has 3 aromatic heterocycles. The van der Waals surface area contributed by atoms with Crippen molar-refractivity contribution in [3.05, 3.63) is 54.3 Å². The summed E-state index contributed by atoms with van der Waals surface area (Å²) in [5.41, 5.74) is 2.89. The van der Waals surface area contributed by atoms with E-state index in [0.717, 1.165) is 22.0 Å². The monoisotopic (exact) mass is 239 g/mol. The molecule has 3 aromatic rings. The van der Waals surface area contributed by atoms with Gasteiger partial charge in [0.15, 0.2) is 0 Å². The third-order valence-electron chi connectivity index (χ3n) is 2.35. The Morgan fingerprint density at radius 2 is 1.94 bits per heavy atom. The lowest BCUT2D eigenvalue weighted by Crippen LogP contribution is -1.82. The van der Waals surface area contributed by atoms with Crippen molar-refractivity contribution >= 4 is 11.3 Å². The molecule has 3 heterocycles. The number of pyridine rings is 2. The molecular formula is C13H9N3S. The Morgan fingerprint density at radius 3 is 2.71 bits per heavy atom. The van der Waals surface area contributed by atoms with Crippen molar-refractivity contribution in [2.75, 3.05) is 0 Å². The Kier molecular flexibility index (Phi) is 2.63. The molecule has 0 aliphatic rings. The SMILES string of the molecule is c1ccc(-c2nc(-c3cccnc3)cs2)nc1. The summed E-state index contributed by atoms with van der Waals surface area (Å²) >= 11 is 1.60. The zero-order chi connectivity index (χ0) is 11.5. The molecule has 0 aliphatic carbocycles. The van der Waals surface area contributed by atoms with E-state index in [1.54, 1.807) is 23.7 Å². The standard InChI is InChI=1S/C13H9N3S/c1-2-7-15-11(5-1)13-16-12(9-17-13)10-4-3-6-14-8-10/h1-9H.